The number of nitrogens with zero attached hydrogens (tertiary/aromatic N) is 4. The van der Waals surface area contributed by atoms with E-state index in [1.807, 2.05) is 35.7 Å². The quantitative estimate of drug-likeness (QED) is 0.547. The molecule has 4 heterocycles. The van der Waals surface area contributed by atoms with E-state index in [0.717, 1.165) is 43.2 Å². The molecule has 0 N–H and O–H groups in total. The van der Waals surface area contributed by atoms with E-state index in [0.29, 0.717) is 11.3 Å². The van der Waals surface area contributed by atoms with E-state index < -0.39 is 0 Å². The van der Waals surface area contributed by atoms with Gasteiger partial charge in [-0.2, -0.15) is 0 Å². The predicted molar refractivity (Wildman–Crippen MR) is 124 cm³/mol. The predicted octanol–water partition coefficient (Wildman–Crippen LogP) is 3.24. The summed E-state index contributed by atoms with van der Waals surface area (Å²) in [6.45, 7) is 4.29. The first-order valence-corrected chi connectivity index (χ1v) is 11.6. The minimum atomic E-state index is -0.212. The van der Waals surface area contributed by atoms with Gasteiger partial charge >= 0.3 is 0 Å². The van der Waals surface area contributed by atoms with Crippen LogP contribution < -0.4 is 0 Å². The van der Waals surface area contributed by atoms with Gasteiger partial charge in [0, 0.05) is 50.0 Å². The largest absolute Gasteiger partial charge is 0.364 e. The number of rotatable bonds is 6. The summed E-state index contributed by atoms with van der Waals surface area (Å²) in [7, 11) is 0. The number of pyridine rings is 1. The maximum absolute atomic E-state index is 13.5. The maximum atomic E-state index is 13.5. The zero-order valence-corrected chi connectivity index (χ0v) is 18.5. The smallest absolute Gasteiger partial charge is 0.278 e. The van der Waals surface area contributed by atoms with Crippen LogP contribution in [0, 0.1) is 0 Å². The molecule has 162 valence electrons. The monoisotopic (exact) mass is 444 g/mol. The number of carbonyl (C=O) groups is 2. The molecule has 0 atom stereocenters. The van der Waals surface area contributed by atoms with Gasteiger partial charge < -0.3 is 4.90 Å². The molecule has 2 amide bonds. The van der Waals surface area contributed by atoms with Crippen molar-refractivity contribution < 1.29 is 9.59 Å². The van der Waals surface area contributed by atoms with Crippen LogP contribution in [0.5, 0.6) is 0 Å². The number of imide groups is 1. The van der Waals surface area contributed by atoms with Gasteiger partial charge in [-0.3, -0.25) is 24.4 Å². The molecule has 0 spiro atoms. The third-order valence-corrected chi connectivity index (χ3v) is 6.83. The minimum absolute atomic E-state index is 0.202. The Hall–Kier alpha value is -3.29. The van der Waals surface area contributed by atoms with Crippen LogP contribution in [0.4, 0.5) is 0 Å². The zero-order valence-electron chi connectivity index (χ0n) is 17.7. The Bertz CT molecular complexity index is 1120. The highest BCUT2D eigenvalue weighted by atomic mass is 32.1. The van der Waals surface area contributed by atoms with E-state index in [1.165, 1.54) is 21.8 Å². The number of hydrogen-bond donors (Lipinski definition) is 0. The van der Waals surface area contributed by atoms with Gasteiger partial charge in [-0.05, 0) is 34.7 Å². The lowest BCUT2D eigenvalue weighted by Gasteiger charge is -2.36. The molecule has 1 saturated heterocycles. The van der Waals surface area contributed by atoms with Crippen molar-refractivity contribution in [2.45, 2.75) is 13.1 Å². The van der Waals surface area contributed by atoms with Crippen molar-refractivity contribution in [1.29, 1.82) is 0 Å². The number of hydrogen-bond acceptors (Lipinski definition) is 6. The SMILES string of the molecule is O=C1C(c2cccs2)=C(N2CCN(Cc3ccccc3)CC2)C(=O)N1Cc1ccncc1. The van der Waals surface area contributed by atoms with Gasteiger partial charge in [0.25, 0.3) is 11.8 Å². The molecule has 6 nitrogen and oxygen atoms in total. The molecule has 0 saturated carbocycles. The second kappa shape index (κ2) is 9.06. The van der Waals surface area contributed by atoms with Gasteiger partial charge in [0.1, 0.15) is 5.70 Å². The molecule has 2 aliphatic rings. The van der Waals surface area contributed by atoms with Crippen LogP contribution in [0.1, 0.15) is 16.0 Å². The molecule has 0 radical (unpaired) electrons. The zero-order chi connectivity index (χ0) is 21.9. The molecular formula is C25H24N4O2S. The highest BCUT2D eigenvalue weighted by Crippen LogP contribution is 2.35. The molecule has 2 aliphatic heterocycles. The molecule has 3 aromatic rings. The number of benzene rings is 1. The Labute approximate surface area is 191 Å². The summed E-state index contributed by atoms with van der Waals surface area (Å²) in [4.78, 5) is 37.6. The average Bonchev–Trinajstić information content (AvgIpc) is 3.44. The lowest BCUT2D eigenvalue weighted by molar-refractivity contribution is -0.138. The van der Waals surface area contributed by atoms with Crippen LogP contribution in [0.25, 0.3) is 5.57 Å². The van der Waals surface area contributed by atoms with Gasteiger partial charge in [0.05, 0.1) is 12.1 Å². The average molecular weight is 445 g/mol. The lowest BCUT2D eigenvalue weighted by Crippen LogP contribution is -2.47. The van der Waals surface area contributed by atoms with E-state index in [9.17, 15) is 9.59 Å². The molecule has 7 heteroatoms. The third-order valence-electron chi connectivity index (χ3n) is 5.94. The molecule has 32 heavy (non-hydrogen) atoms. The molecular weight excluding hydrogens is 420 g/mol. The Balaban J connectivity index is 1.37. The van der Waals surface area contributed by atoms with Crippen molar-refractivity contribution >= 4 is 28.7 Å². The van der Waals surface area contributed by atoms with Crippen LogP contribution in [0.2, 0.25) is 0 Å². The highest BCUT2D eigenvalue weighted by molar-refractivity contribution is 7.11. The van der Waals surface area contributed by atoms with Crippen molar-refractivity contribution in [2.75, 3.05) is 26.2 Å². The normalized spacial score (nSPS) is 17.5. The number of piperazine rings is 1. The second-order valence-electron chi connectivity index (χ2n) is 8.00. The molecule has 0 unspecified atom stereocenters. The number of carbonyl (C=O) groups excluding carboxylic acids is 2. The van der Waals surface area contributed by atoms with Crippen LogP contribution >= 0.6 is 11.3 Å². The molecule has 0 bridgehead atoms. The van der Waals surface area contributed by atoms with Gasteiger partial charge in [-0.25, -0.2) is 0 Å². The fraction of sp³-hybridized carbons (Fsp3) is 0.240. The first-order chi connectivity index (χ1) is 15.7. The van der Waals surface area contributed by atoms with Crippen LogP contribution in [0.3, 0.4) is 0 Å². The lowest BCUT2D eigenvalue weighted by atomic mass is 10.1. The standard InChI is InChI=1S/C25H24N4O2S/c30-24-22(21-7-4-16-32-21)23(25(31)29(24)18-20-8-10-26-11-9-20)28-14-12-27(13-15-28)17-19-5-2-1-3-6-19/h1-11,16H,12-15,17-18H2. The van der Waals surface area contributed by atoms with Crippen molar-refractivity contribution in [3.8, 4) is 0 Å². The molecule has 2 aromatic heterocycles. The van der Waals surface area contributed by atoms with Crippen LogP contribution in [-0.4, -0.2) is 57.7 Å². The summed E-state index contributed by atoms with van der Waals surface area (Å²) in [6, 6.07) is 17.9. The van der Waals surface area contributed by atoms with Gasteiger partial charge in [0.15, 0.2) is 0 Å². The summed E-state index contributed by atoms with van der Waals surface area (Å²) < 4.78 is 0. The molecule has 1 fully saturated rings. The van der Waals surface area contributed by atoms with Crippen molar-refractivity contribution in [1.82, 2.24) is 19.7 Å². The van der Waals surface area contributed by atoms with Gasteiger partial charge in [-0.1, -0.05) is 36.4 Å². The Morgan fingerprint density at radius 2 is 1.50 bits per heavy atom. The number of thiophene rings is 1. The summed E-state index contributed by atoms with van der Waals surface area (Å²) >= 11 is 1.50. The summed E-state index contributed by atoms with van der Waals surface area (Å²) in [6.07, 6.45) is 3.36. The van der Waals surface area contributed by atoms with Crippen LogP contribution in [0.15, 0.2) is 78.1 Å². The van der Waals surface area contributed by atoms with Gasteiger partial charge in [0.2, 0.25) is 0 Å². The first kappa shape index (κ1) is 20.6. The van der Waals surface area contributed by atoms with Crippen molar-refractivity contribution in [3.05, 3.63) is 94.1 Å². The minimum Gasteiger partial charge on any atom is -0.364 e. The first-order valence-electron chi connectivity index (χ1n) is 10.7. The molecule has 0 aliphatic carbocycles. The van der Waals surface area contributed by atoms with E-state index >= 15 is 0 Å². The fourth-order valence-corrected chi connectivity index (χ4v) is 5.05. The van der Waals surface area contributed by atoms with E-state index in [1.54, 1.807) is 12.4 Å². The number of amides is 2. The van der Waals surface area contributed by atoms with Gasteiger partial charge in [-0.15, -0.1) is 11.3 Å². The third kappa shape index (κ3) is 4.09. The van der Waals surface area contributed by atoms with Crippen LogP contribution in [-0.2, 0) is 22.7 Å². The van der Waals surface area contributed by atoms with E-state index in [2.05, 4.69) is 39.0 Å². The summed E-state index contributed by atoms with van der Waals surface area (Å²) in [5.41, 5.74) is 3.26. The molecule has 5 rings (SSSR count). The van der Waals surface area contributed by atoms with Crippen molar-refractivity contribution in [3.63, 3.8) is 0 Å². The number of aromatic nitrogens is 1. The summed E-state index contributed by atoms with van der Waals surface area (Å²) in [5, 5.41) is 1.95. The molecule has 1 aromatic carbocycles. The Kier molecular flexibility index (Phi) is 5.83. The van der Waals surface area contributed by atoms with Crippen molar-refractivity contribution in [2.24, 2.45) is 0 Å². The summed E-state index contributed by atoms with van der Waals surface area (Å²) in [5.74, 6) is -0.414. The van der Waals surface area contributed by atoms with E-state index in [-0.39, 0.29) is 18.4 Å². The topological polar surface area (TPSA) is 56.8 Å². The Morgan fingerprint density at radius 3 is 2.19 bits per heavy atom. The highest BCUT2D eigenvalue weighted by Gasteiger charge is 2.42. The van der Waals surface area contributed by atoms with E-state index in [4.69, 9.17) is 0 Å². The Morgan fingerprint density at radius 1 is 0.781 bits per heavy atom. The second-order valence-corrected chi connectivity index (χ2v) is 8.95. The fourth-order valence-electron chi connectivity index (χ4n) is 4.29. The maximum Gasteiger partial charge on any atom is 0.278 e.